The summed E-state index contributed by atoms with van der Waals surface area (Å²) in [6.45, 7) is 2.14. The highest BCUT2D eigenvalue weighted by molar-refractivity contribution is 5.85. The second-order valence-corrected chi connectivity index (χ2v) is 3.29. The summed E-state index contributed by atoms with van der Waals surface area (Å²) in [5.74, 6) is 0. The second kappa shape index (κ2) is 3.46. The number of rotatable bonds is 0. The molecule has 0 saturated heterocycles. The van der Waals surface area contributed by atoms with Crippen molar-refractivity contribution in [3.8, 4) is 0 Å². The number of halogens is 1. The smallest absolute Gasteiger partial charge is 0.0303 e. The van der Waals surface area contributed by atoms with E-state index in [1.165, 1.54) is 16.7 Å². The van der Waals surface area contributed by atoms with Crippen molar-refractivity contribution in [2.24, 2.45) is 5.73 Å². The van der Waals surface area contributed by atoms with Gasteiger partial charge >= 0.3 is 0 Å². The molecule has 1 nitrogen and oxygen atoms in total. The highest BCUT2D eigenvalue weighted by Crippen LogP contribution is 2.31. The van der Waals surface area contributed by atoms with E-state index in [-0.39, 0.29) is 12.4 Å². The monoisotopic (exact) mass is 183 g/mol. The van der Waals surface area contributed by atoms with Crippen LogP contribution in [0.5, 0.6) is 0 Å². The molecule has 2 N–H and O–H groups in total. The van der Waals surface area contributed by atoms with E-state index in [4.69, 9.17) is 5.73 Å². The molecule has 1 unspecified atom stereocenters. The maximum absolute atomic E-state index is 5.95. The van der Waals surface area contributed by atoms with Crippen molar-refractivity contribution in [2.45, 2.75) is 25.8 Å². The van der Waals surface area contributed by atoms with Gasteiger partial charge in [0.2, 0.25) is 0 Å². The van der Waals surface area contributed by atoms with Crippen LogP contribution in [0.25, 0.3) is 0 Å². The molecule has 0 radical (unpaired) electrons. The molecule has 12 heavy (non-hydrogen) atoms. The van der Waals surface area contributed by atoms with Gasteiger partial charge in [-0.25, -0.2) is 0 Å². The molecule has 1 aliphatic rings. The highest BCUT2D eigenvalue weighted by atomic mass is 35.5. The molecule has 2 heteroatoms. The summed E-state index contributed by atoms with van der Waals surface area (Å²) < 4.78 is 0. The van der Waals surface area contributed by atoms with Gasteiger partial charge in [-0.15, -0.1) is 12.4 Å². The Morgan fingerprint density at radius 1 is 1.42 bits per heavy atom. The van der Waals surface area contributed by atoms with Crippen molar-refractivity contribution < 1.29 is 0 Å². The molecule has 0 aliphatic heterocycles. The van der Waals surface area contributed by atoms with Gasteiger partial charge in [-0.3, -0.25) is 0 Å². The molecule has 0 amide bonds. The van der Waals surface area contributed by atoms with E-state index < -0.39 is 0 Å². The van der Waals surface area contributed by atoms with Gasteiger partial charge in [0, 0.05) is 6.04 Å². The van der Waals surface area contributed by atoms with Gasteiger partial charge in [0.1, 0.15) is 0 Å². The average Bonchev–Trinajstić information content (AvgIpc) is 2.34. The Balaban J connectivity index is 0.000000720. The van der Waals surface area contributed by atoms with Crippen LogP contribution in [0, 0.1) is 6.92 Å². The Bertz CT molecular complexity index is 283. The third-order valence-electron chi connectivity index (χ3n) is 2.51. The third-order valence-corrected chi connectivity index (χ3v) is 2.51. The summed E-state index contributed by atoms with van der Waals surface area (Å²) in [6.07, 6.45) is 2.29. The minimum Gasteiger partial charge on any atom is -0.324 e. The zero-order valence-electron chi connectivity index (χ0n) is 7.21. The quantitative estimate of drug-likeness (QED) is 0.657. The molecule has 0 bridgehead atoms. The van der Waals surface area contributed by atoms with Crippen LogP contribution in [0.2, 0.25) is 0 Å². The fourth-order valence-corrected chi connectivity index (χ4v) is 1.95. The molecule has 1 aliphatic carbocycles. The summed E-state index contributed by atoms with van der Waals surface area (Å²) in [7, 11) is 0. The Morgan fingerprint density at radius 3 is 2.83 bits per heavy atom. The number of hydrogen-bond acceptors (Lipinski definition) is 1. The molecule has 0 saturated carbocycles. The van der Waals surface area contributed by atoms with Gasteiger partial charge in [0.25, 0.3) is 0 Å². The predicted molar refractivity (Wildman–Crippen MR) is 53.7 cm³/mol. The summed E-state index contributed by atoms with van der Waals surface area (Å²) in [6, 6.07) is 6.75. The van der Waals surface area contributed by atoms with Gasteiger partial charge in [-0.1, -0.05) is 18.2 Å². The van der Waals surface area contributed by atoms with Crippen molar-refractivity contribution in [3.05, 3.63) is 34.9 Å². The Hall–Kier alpha value is -0.530. The van der Waals surface area contributed by atoms with Crippen molar-refractivity contribution in [1.29, 1.82) is 0 Å². The first kappa shape index (κ1) is 9.56. The molecule has 66 valence electrons. The fourth-order valence-electron chi connectivity index (χ4n) is 1.95. The lowest BCUT2D eigenvalue weighted by atomic mass is 10.0. The Kier molecular flexibility index (Phi) is 2.76. The molecule has 0 spiro atoms. The summed E-state index contributed by atoms with van der Waals surface area (Å²) in [5, 5.41) is 0. The van der Waals surface area contributed by atoms with Crippen molar-refractivity contribution in [2.75, 3.05) is 0 Å². The van der Waals surface area contributed by atoms with E-state index in [1.54, 1.807) is 0 Å². The van der Waals surface area contributed by atoms with Crippen LogP contribution in [-0.2, 0) is 6.42 Å². The first-order valence-corrected chi connectivity index (χ1v) is 4.13. The normalized spacial score (nSPS) is 20.0. The third kappa shape index (κ3) is 1.35. The van der Waals surface area contributed by atoms with Crippen LogP contribution in [0.4, 0.5) is 0 Å². The lowest BCUT2D eigenvalue weighted by Gasteiger charge is -2.07. The minimum atomic E-state index is 0. The zero-order valence-corrected chi connectivity index (χ0v) is 8.03. The minimum absolute atomic E-state index is 0. The van der Waals surface area contributed by atoms with E-state index in [0.717, 1.165) is 12.8 Å². The molecule has 1 atom stereocenters. The molecule has 0 aromatic heterocycles. The first-order chi connectivity index (χ1) is 5.29. The molecular formula is C10H14ClN. The number of aryl methyl sites for hydroxylation is 2. The van der Waals surface area contributed by atoms with E-state index in [2.05, 4.69) is 25.1 Å². The summed E-state index contributed by atoms with van der Waals surface area (Å²) in [4.78, 5) is 0. The molecule has 0 heterocycles. The largest absolute Gasteiger partial charge is 0.324 e. The summed E-state index contributed by atoms with van der Waals surface area (Å²) >= 11 is 0. The van der Waals surface area contributed by atoms with E-state index in [0.29, 0.717) is 6.04 Å². The van der Waals surface area contributed by atoms with Gasteiger partial charge < -0.3 is 5.73 Å². The summed E-state index contributed by atoms with van der Waals surface area (Å²) in [5.41, 5.74) is 10.2. The van der Waals surface area contributed by atoms with Gasteiger partial charge in [0.05, 0.1) is 0 Å². The van der Waals surface area contributed by atoms with Gasteiger partial charge in [-0.2, -0.15) is 0 Å². The SMILES string of the molecule is Cc1cccc2c1C(N)CC2.Cl. The van der Waals surface area contributed by atoms with Crippen molar-refractivity contribution in [3.63, 3.8) is 0 Å². The van der Waals surface area contributed by atoms with Crippen LogP contribution >= 0.6 is 12.4 Å². The van der Waals surface area contributed by atoms with Gasteiger partial charge in [0.15, 0.2) is 0 Å². The fraction of sp³-hybridized carbons (Fsp3) is 0.400. The molecule has 1 aromatic carbocycles. The topological polar surface area (TPSA) is 26.0 Å². The van der Waals surface area contributed by atoms with Crippen LogP contribution in [0.15, 0.2) is 18.2 Å². The Labute approximate surface area is 79.4 Å². The lowest BCUT2D eigenvalue weighted by molar-refractivity contribution is 0.710. The van der Waals surface area contributed by atoms with Crippen LogP contribution in [0.1, 0.15) is 29.2 Å². The number of hydrogen-bond donors (Lipinski definition) is 1. The molecule has 0 fully saturated rings. The number of benzene rings is 1. The first-order valence-electron chi connectivity index (χ1n) is 4.13. The van der Waals surface area contributed by atoms with Gasteiger partial charge in [-0.05, 0) is 36.5 Å². The lowest BCUT2D eigenvalue weighted by Crippen LogP contribution is -2.06. The van der Waals surface area contributed by atoms with Crippen LogP contribution < -0.4 is 5.73 Å². The molecule has 2 rings (SSSR count). The average molecular weight is 184 g/mol. The molecule has 1 aromatic rings. The zero-order chi connectivity index (χ0) is 7.84. The van der Waals surface area contributed by atoms with Crippen molar-refractivity contribution >= 4 is 12.4 Å². The van der Waals surface area contributed by atoms with Crippen molar-refractivity contribution in [1.82, 2.24) is 0 Å². The Morgan fingerprint density at radius 2 is 2.17 bits per heavy atom. The van der Waals surface area contributed by atoms with E-state index in [9.17, 15) is 0 Å². The highest BCUT2D eigenvalue weighted by Gasteiger charge is 2.19. The predicted octanol–water partition coefficient (Wildman–Crippen LogP) is 2.36. The van der Waals surface area contributed by atoms with E-state index in [1.807, 2.05) is 0 Å². The maximum Gasteiger partial charge on any atom is 0.0303 e. The van der Waals surface area contributed by atoms with Crippen LogP contribution in [0.3, 0.4) is 0 Å². The maximum atomic E-state index is 5.95. The number of fused-ring (bicyclic) bond motifs is 1. The van der Waals surface area contributed by atoms with E-state index >= 15 is 0 Å². The van der Waals surface area contributed by atoms with Crippen LogP contribution in [-0.4, -0.2) is 0 Å². The second-order valence-electron chi connectivity index (χ2n) is 3.29. The standard InChI is InChI=1S/C10H13N.ClH/c1-7-3-2-4-8-5-6-9(11)10(7)8;/h2-4,9H,5-6,11H2,1H3;1H. The molecular weight excluding hydrogens is 170 g/mol. The number of nitrogens with two attached hydrogens (primary N) is 1.